The molecule has 1 aromatic rings. The van der Waals surface area contributed by atoms with E-state index in [1.807, 2.05) is 0 Å². The van der Waals surface area contributed by atoms with Gasteiger partial charge in [-0.1, -0.05) is 5.16 Å². The maximum absolute atomic E-state index is 11.1. The average molecular weight is 274 g/mol. The van der Waals surface area contributed by atoms with Crippen LogP contribution in [0.2, 0.25) is 0 Å². The molecule has 0 atom stereocenters. The first-order valence-electron chi connectivity index (χ1n) is 7.95. The van der Waals surface area contributed by atoms with E-state index in [9.17, 15) is 4.79 Å². The van der Waals surface area contributed by atoms with Gasteiger partial charge < -0.3 is 9.32 Å². The lowest BCUT2D eigenvalue weighted by Crippen LogP contribution is -2.49. The van der Waals surface area contributed by atoms with Crippen LogP contribution in [0.15, 0.2) is 4.52 Å². The van der Waals surface area contributed by atoms with Crippen LogP contribution in [0, 0.1) is 17.8 Å². The van der Waals surface area contributed by atoms with Gasteiger partial charge in [-0.05, 0) is 63.2 Å². The van der Waals surface area contributed by atoms with Crippen molar-refractivity contribution >= 4 is 5.78 Å². The van der Waals surface area contributed by atoms with Gasteiger partial charge in [0.25, 0.3) is 0 Å². The monoisotopic (exact) mass is 274 g/mol. The number of Topliss-reactive ketones (excluding diaryl/α,β-unsaturated/α-hetero) is 1. The molecule has 4 nitrogen and oxygen atoms in total. The van der Waals surface area contributed by atoms with Gasteiger partial charge in [0, 0.05) is 18.3 Å². The molecule has 4 saturated carbocycles. The third-order valence-corrected chi connectivity index (χ3v) is 5.67. The first kappa shape index (κ1) is 12.5. The summed E-state index contributed by atoms with van der Waals surface area (Å²) in [5.74, 6) is 4.43. The molecule has 4 aliphatic carbocycles. The molecule has 20 heavy (non-hydrogen) atoms. The lowest BCUT2D eigenvalue weighted by Gasteiger charge is -2.55. The summed E-state index contributed by atoms with van der Waals surface area (Å²) >= 11 is 0. The normalized spacial score (nSPS) is 38.4. The Hall–Kier alpha value is -1.19. The van der Waals surface area contributed by atoms with Crippen LogP contribution in [0.4, 0.5) is 0 Å². The maximum atomic E-state index is 11.1. The van der Waals surface area contributed by atoms with Gasteiger partial charge in [-0.25, -0.2) is 0 Å². The molecular weight excluding hydrogens is 252 g/mol. The predicted molar refractivity (Wildman–Crippen MR) is 73.2 cm³/mol. The van der Waals surface area contributed by atoms with Crippen LogP contribution in [-0.2, 0) is 16.6 Å². The highest BCUT2D eigenvalue weighted by molar-refractivity contribution is 5.75. The van der Waals surface area contributed by atoms with Crippen molar-refractivity contribution in [2.45, 2.75) is 63.7 Å². The molecule has 0 aromatic carbocycles. The third kappa shape index (κ3) is 2.00. The van der Waals surface area contributed by atoms with E-state index >= 15 is 0 Å². The molecule has 1 heterocycles. The highest BCUT2D eigenvalue weighted by Gasteiger charge is 2.53. The Kier molecular flexibility index (Phi) is 2.76. The molecule has 0 saturated heterocycles. The van der Waals surface area contributed by atoms with E-state index in [0.29, 0.717) is 18.7 Å². The number of ketones is 1. The van der Waals surface area contributed by atoms with E-state index in [4.69, 9.17) is 4.52 Å². The SMILES string of the molecule is CC(=O)CCc1nc(C23CC4CC(CC(C4)C2)C3)no1. The zero-order valence-corrected chi connectivity index (χ0v) is 12.1. The van der Waals surface area contributed by atoms with E-state index in [0.717, 1.165) is 23.6 Å². The van der Waals surface area contributed by atoms with Crippen LogP contribution in [0.5, 0.6) is 0 Å². The molecule has 0 unspecified atom stereocenters. The molecule has 4 bridgehead atoms. The predicted octanol–water partition coefficient (Wildman–Crippen LogP) is 3.06. The van der Waals surface area contributed by atoms with Crippen molar-refractivity contribution in [1.82, 2.24) is 10.1 Å². The molecule has 0 radical (unpaired) electrons. The minimum absolute atomic E-state index is 0.180. The molecule has 108 valence electrons. The number of hydrogen-bond acceptors (Lipinski definition) is 4. The number of aryl methyl sites for hydroxylation is 1. The number of nitrogens with zero attached hydrogens (tertiary/aromatic N) is 2. The largest absolute Gasteiger partial charge is 0.339 e. The summed E-state index contributed by atoms with van der Waals surface area (Å²) in [6.45, 7) is 1.61. The number of carbonyl (C=O) groups is 1. The average Bonchev–Trinajstić information content (AvgIpc) is 2.84. The van der Waals surface area contributed by atoms with Gasteiger partial charge in [0.1, 0.15) is 5.78 Å². The maximum Gasteiger partial charge on any atom is 0.227 e. The molecule has 5 rings (SSSR count). The molecule has 1 aromatic heterocycles. The second kappa shape index (κ2) is 4.40. The fourth-order valence-electron chi connectivity index (χ4n) is 5.24. The minimum Gasteiger partial charge on any atom is -0.339 e. The second-order valence-electron chi connectivity index (χ2n) is 7.41. The molecule has 0 aliphatic heterocycles. The van der Waals surface area contributed by atoms with Crippen molar-refractivity contribution in [3.63, 3.8) is 0 Å². The van der Waals surface area contributed by atoms with Crippen LogP contribution in [0.3, 0.4) is 0 Å². The van der Waals surface area contributed by atoms with E-state index in [2.05, 4.69) is 10.1 Å². The quantitative estimate of drug-likeness (QED) is 0.846. The Labute approximate surface area is 119 Å². The number of hydrogen-bond donors (Lipinski definition) is 0. The van der Waals surface area contributed by atoms with Gasteiger partial charge >= 0.3 is 0 Å². The molecule has 0 amide bonds. The van der Waals surface area contributed by atoms with Gasteiger partial charge in [-0.2, -0.15) is 4.98 Å². The Bertz CT molecular complexity index is 499. The zero-order chi connectivity index (χ0) is 13.7. The van der Waals surface area contributed by atoms with Gasteiger partial charge in [-0.3, -0.25) is 0 Å². The second-order valence-corrected chi connectivity index (χ2v) is 7.41. The summed E-state index contributed by atoms with van der Waals surface area (Å²) < 4.78 is 5.39. The van der Waals surface area contributed by atoms with Crippen molar-refractivity contribution in [3.8, 4) is 0 Å². The molecule has 0 spiro atoms. The fraction of sp³-hybridized carbons (Fsp3) is 0.812. The Balaban J connectivity index is 1.56. The first-order chi connectivity index (χ1) is 9.63. The van der Waals surface area contributed by atoms with Crippen molar-refractivity contribution in [2.24, 2.45) is 17.8 Å². The van der Waals surface area contributed by atoms with Crippen LogP contribution in [-0.4, -0.2) is 15.9 Å². The number of rotatable bonds is 4. The first-order valence-corrected chi connectivity index (χ1v) is 7.95. The highest BCUT2D eigenvalue weighted by Crippen LogP contribution is 2.60. The summed E-state index contributed by atoms with van der Waals surface area (Å²) in [6, 6.07) is 0. The van der Waals surface area contributed by atoms with Crippen molar-refractivity contribution in [2.75, 3.05) is 0 Å². The van der Waals surface area contributed by atoms with Crippen molar-refractivity contribution < 1.29 is 9.32 Å². The van der Waals surface area contributed by atoms with Gasteiger partial charge in [0.15, 0.2) is 5.82 Å². The van der Waals surface area contributed by atoms with Gasteiger partial charge in [0.2, 0.25) is 5.89 Å². The van der Waals surface area contributed by atoms with Crippen LogP contribution in [0.1, 0.15) is 63.6 Å². The van der Waals surface area contributed by atoms with Gasteiger partial charge in [-0.15, -0.1) is 0 Å². The topological polar surface area (TPSA) is 56.0 Å². The lowest BCUT2D eigenvalue weighted by molar-refractivity contribution is -0.117. The minimum atomic E-state index is 0.180. The summed E-state index contributed by atoms with van der Waals surface area (Å²) in [4.78, 5) is 15.7. The van der Waals surface area contributed by atoms with E-state index < -0.39 is 0 Å². The highest BCUT2D eigenvalue weighted by atomic mass is 16.5. The zero-order valence-electron chi connectivity index (χ0n) is 12.1. The number of carbonyl (C=O) groups excluding carboxylic acids is 1. The van der Waals surface area contributed by atoms with E-state index in [-0.39, 0.29) is 11.2 Å². The fourth-order valence-corrected chi connectivity index (χ4v) is 5.24. The van der Waals surface area contributed by atoms with Crippen LogP contribution < -0.4 is 0 Å². The summed E-state index contributed by atoms with van der Waals surface area (Å²) in [5.41, 5.74) is 0.201. The summed E-state index contributed by atoms with van der Waals surface area (Å²) in [7, 11) is 0. The van der Waals surface area contributed by atoms with Gasteiger partial charge in [0.05, 0.1) is 0 Å². The standard InChI is InChI=1S/C16H22N2O2/c1-10(19)2-3-14-17-15(18-20-14)16-7-11-4-12(8-16)6-13(5-11)9-16/h11-13H,2-9H2,1H3. The lowest BCUT2D eigenvalue weighted by atomic mass is 9.49. The Morgan fingerprint density at radius 3 is 2.35 bits per heavy atom. The smallest absolute Gasteiger partial charge is 0.227 e. The van der Waals surface area contributed by atoms with Crippen molar-refractivity contribution in [3.05, 3.63) is 11.7 Å². The van der Waals surface area contributed by atoms with E-state index in [1.165, 1.54) is 38.5 Å². The molecule has 4 fully saturated rings. The molecule has 4 aliphatic rings. The Morgan fingerprint density at radius 2 is 1.80 bits per heavy atom. The summed E-state index contributed by atoms with van der Waals surface area (Å²) in [6.07, 6.45) is 9.13. The van der Waals surface area contributed by atoms with Crippen LogP contribution in [0.25, 0.3) is 0 Å². The molecular formula is C16H22N2O2. The summed E-state index contributed by atoms with van der Waals surface area (Å²) in [5, 5.41) is 4.29. The number of aromatic nitrogens is 2. The molecule has 4 heteroatoms. The Morgan fingerprint density at radius 1 is 1.20 bits per heavy atom. The van der Waals surface area contributed by atoms with Crippen LogP contribution >= 0.6 is 0 Å². The van der Waals surface area contributed by atoms with Crippen molar-refractivity contribution in [1.29, 1.82) is 0 Å². The molecule has 0 N–H and O–H groups in total. The third-order valence-electron chi connectivity index (χ3n) is 5.67. The van der Waals surface area contributed by atoms with E-state index in [1.54, 1.807) is 6.92 Å².